The second kappa shape index (κ2) is 8.52. The summed E-state index contributed by atoms with van der Waals surface area (Å²) in [5.41, 5.74) is 0.530. The van der Waals surface area contributed by atoms with Gasteiger partial charge in [0.25, 0.3) is 0 Å². The molecule has 0 aromatic heterocycles. The van der Waals surface area contributed by atoms with Crippen LogP contribution in [0.5, 0.6) is 11.5 Å². The molecule has 1 aromatic rings. The van der Waals surface area contributed by atoms with Gasteiger partial charge in [-0.1, -0.05) is 19.4 Å². The third-order valence-electron chi connectivity index (χ3n) is 3.20. The number of hydrogen-bond donors (Lipinski definition) is 2. The van der Waals surface area contributed by atoms with Crippen molar-refractivity contribution in [3.8, 4) is 11.5 Å². The number of rotatable bonds is 8. The summed E-state index contributed by atoms with van der Waals surface area (Å²) in [6, 6.07) is 4.60. The van der Waals surface area contributed by atoms with Gasteiger partial charge in [0, 0.05) is 0 Å². The van der Waals surface area contributed by atoms with Gasteiger partial charge in [-0.05, 0) is 38.0 Å². The van der Waals surface area contributed by atoms with E-state index in [0.29, 0.717) is 24.3 Å². The van der Waals surface area contributed by atoms with Gasteiger partial charge in [0.1, 0.15) is 0 Å². The number of carbonyl (C=O) groups is 1. The molecule has 1 rings (SSSR count). The smallest absolute Gasteiger partial charge is 0.311 e. The highest BCUT2D eigenvalue weighted by Crippen LogP contribution is 2.33. The van der Waals surface area contributed by atoms with Crippen molar-refractivity contribution in [1.29, 1.82) is 0 Å². The van der Waals surface area contributed by atoms with Gasteiger partial charge >= 0.3 is 5.97 Å². The first-order chi connectivity index (χ1) is 10.0. The fraction of sp³-hybridized carbons (Fsp3) is 0.562. The Hall–Kier alpha value is -1.75. The van der Waals surface area contributed by atoms with Gasteiger partial charge in [-0.2, -0.15) is 0 Å². The molecule has 0 aliphatic carbocycles. The van der Waals surface area contributed by atoms with Gasteiger partial charge in [0.15, 0.2) is 11.5 Å². The molecule has 5 nitrogen and oxygen atoms in total. The number of aromatic hydroxyl groups is 1. The van der Waals surface area contributed by atoms with Crippen LogP contribution in [0.4, 0.5) is 0 Å². The van der Waals surface area contributed by atoms with E-state index in [1.165, 1.54) is 6.07 Å². The molecular weight excluding hydrogens is 272 g/mol. The summed E-state index contributed by atoms with van der Waals surface area (Å²) in [4.78, 5) is 12.0. The molecule has 0 amide bonds. The molecule has 0 aliphatic rings. The van der Waals surface area contributed by atoms with E-state index in [-0.39, 0.29) is 12.4 Å². The van der Waals surface area contributed by atoms with Crippen LogP contribution in [0.1, 0.15) is 45.3 Å². The number of aliphatic hydroxyl groups is 1. The fourth-order valence-electron chi connectivity index (χ4n) is 2.18. The van der Waals surface area contributed by atoms with Crippen molar-refractivity contribution in [2.24, 2.45) is 5.92 Å². The van der Waals surface area contributed by atoms with Crippen molar-refractivity contribution in [2.75, 3.05) is 13.2 Å². The van der Waals surface area contributed by atoms with Crippen LogP contribution >= 0.6 is 0 Å². The van der Waals surface area contributed by atoms with Crippen molar-refractivity contribution in [1.82, 2.24) is 0 Å². The molecule has 2 N–H and O–H groups in total. The molecule has 2 atom stereocenters. The molecule has 0 heterocycles. The summed E-state index contributed by atoms with van der Waals surface area (Å²) in [5.74, 6) is -0.712. The predicted octanol–water partition coefficient (Wildman–Crippen LogP) is 2.80. The van der Waals surface area contributed by atoms with Gasteiger partial charge in [-0.15, -0.1) is 0 Å². The Bertz CT molecular complexity index is 458. The maximum absolute atomic E-state index is 12.0. The summed E-state index contributed by atoms with van der Waals surface area (Å²) >= 11 is 0. The van der Waals surface area contributed by atoms with E-state index in [4.69, 9.17) is 9.47 Å². The molecule has 5 heteroatoms. The molecule has 1 aromatic carbocycles. The molecule has 0 radical (unpaired) electrons. The zero-order valence-electron chi connectivity index (χ0n) is 12.8. The highest BCUT2D eigenvalue weighted by atomic mass is 16.5. The van der Waals surface area contributed by atoms with Crippen LogP contribution in [0.2, 0.25) is 0 Å². The predicted molar refractivity (Wildman–Crippen MR) is 79.3 cm³/mol. The number of hydrogen-bond acceptors (Lipinski definition) is 5. The Morgan fingerprint density at radius 2 is 1.95 bits per heavy atom. The Kier molecular flexibility index (Phi) is 7.02. The number of phenolic OH excluding ortho intramolecular Hbond substituents is 1. The number of benzene rings is 1. The molecule has 0 spiro atoms. The lowest BCUT2D eigenvalue weighted by Gasteiger charge is -2.22. The third kappa shape index (κ3) is 4.63. The van der Waals surface area contributed by atoms with E-state index in [9.17, 15) is 15.0 Å². The van der Waals surface area contributed by atoms with Gasteiger partial charge in [-0.25, -0.2) is 0 Å². The van der Waals surface area contributed by atoms with Gasteiger partial charge in [0.05, 0.1) is 25.2 Å². The summed E-state index contributed by atoms with van der Waals surface area (Å²) < 4.78 is 10.3. The average Bonchev–Trinajstić information content (AvgIpc) is 2.47. The van der Waals surface area contributed by atoms with Crippen molar-refractivity contribution in [3.05, 3.63) is 23.8 Å². The minimum Gasteiger partial charge on any atom is -0.504 e. The number of phenols is 1. The molecule has 118 valence electrons. The highest BCUT2D eigenvalue weighted by Gasteiger charge is 2.29. The topological polar surface area (TPSA) is 76.0 Å². The van der Waals surface area contributed by atoms with E-state index in [0.717, 1.165) is 6.42 Å². The van der Waals surface area contributed by atoms with E-state index >= 15 is 0 Å². The molecule has 21 heavy (non-hydrogen) atoms. The minimum atomic E-state index is -0.983. The minimum absolute atomic E-state index is 0.0102. The van der Waals surface area contributed by atoms with Gasteiger partial charge < -0.3 is 19.7 Å². The number of aliphatic hydroxyl groups excluding tert-OH is 1. The zero-order chi connectivity index (χ0) is 15.8. The molecule has 0 saturated heterocycles. The van der Waals surface area contributed by atoms with Crippen LogP contribution in [-0.2, 0) is 9.53 Å². The summed E-state index contributed by atoms with van der Waals surface area (Å²) in [5, 5.41) is 20.1. The summed E-state index contributed by atoms with van der Waals surface area (Å²) in [6.45, 7) is 6.18. The van der Waals surface area contributed by atoms with E-state index in [1.807, 2.05) is 6.92 Å². The van der Waals surface area contributed by atoms with Crippen LogP contribution in [0, 0.1) is 5.92 Å². The standard InChI is InChI=1S/C16H24O5/c1-4-7-12(16(19)21-6-3)15(18)11-8-9-13(17)14(10-11)20-5-2/h8-10,12,15,17-18H,4-7H2,1-3H3. The lowest BCUT2D eigenvalue weighted by Crippen LogP contribution is -2.24. The Morgan fingerprint density at radius 1 is 1.24 bits per heavy atom. The molecule has 0 aliphatic heterocycles. The third-order valence-corrected chi connectivity index (χ3v) is 3.20. The first kappa shape index (κ1) is 17.3. The second-order valence-electron chi connectivity index (χ2n) is 4.75. The van der Waals surface area contributed by atoms with Crippen LogP contribution in [-0.4, -0.2) is 29.4 Å². The first-order valence-corrected chi connectivity index (χ1v) is 7.35. The van der Waals surface area contributed by atoms with Crippen molar-refractivity contribution < 1.29 is 24.5 Å². The van der Waals surface area contributed by atoms with Crippen LogP contribution in [0.15, 0.2) is 18.2 Å². The van der Waals surface area contributed by atoms with Crippen LogP contribution in [0.3, 0.4) is 0 Å². The highest BCUT2D eigenvalue weighted by molar-refractivity contribution is 5.73. The lowest BCUT2D eigenvalue weighted by molar-refractivity contribution is -0.152. The number of carbonyl (C=O) groups excluding carboxylic acids is 1. The molecule has 0 fully saturated rings. The number of ether oxygens (including phenoxy) is 2. The van der Waals surface area contributed by atoms with E-state index < -0.39 is 18.0 Å². The molecule has 2 unspecified atom stereocenters. The summed E-state index contributed by atoms with van der Waals surface area (Å²) in [7, 11) is 0. The average molecular weight is 296 g/mol. The quantitative estimate of drug-likeness (QED) is 0.721. The Labute approximate surface area is 125 Å². The number of esters is 1. The normalized spacial score (nSPS) is 13.5. The largest absolute Gasteiger partial charge is 0.504 e. The van der Waals surface area contributed by atoms with E-state index in [1.54, 1.807) is 26.0 Å². The summed E-state index contributed by atoms with van der Waals surface area (Å²) in [6.07, 6.45) is 0.311. The van der Waals surface area contributed by atoms with Crippen molar-refractivity contribution >= 4 is 5.97 Å². The maximum atomic E-state index is 12.0. The SMILES string of the molecule is CCCC(C(=O)OCC)C(O)c1ccc(O)c(OCC)c1. The Morgan fingerprint density at radius 3 is 2.52 bits per heavy atom. The second-order valence-corrected chi connectivity index (χ2v) is 4.75. The molecule has 0 bridgehead atoms. The van der Waals surface area contributed by atoms with Crippen LogP contribution in [0.25, 0.3) is 0 Å². The van der Waals surface area contributed by atoms with Crippen molar-refractivity contribution in [3.63, 3.8) is 0 Å². The van der Waals surface area contributed by atoms with E-state index in [2.05, 4.69) is 0 Å². The Balaban J connectivity index is 2.99. The van der Waals surface area contributed by atoms with Crippen LogP contribution < -0.4 is 4.74 Å². The van der Waals surface area contributed by atoms with Gasteiger partial charge in [-0.3, -0.25) is 4.79 Å². The fourth-order valence-corrected chi connectivity index (χ4v) is 2.18. The first-order valence-electron chi connectivity index (χ1n) is 7.35. The van der Waals surface area contributed by atoms with Crippen molar-refractivity contribution in [2.45, 2.75) is 39.7 Å². The maximum Gasteiger partial charge on any atom is 0.311 e. The lowest BCUT2D eigenvalue weighted by atomic mass is 9.91. The van der Waals surface area contributed by atoms with Gasteiger partial charge in [0.2, 0.25) is 0 Å². The molecular formula is C16H24O5. The monoisotopic (exact) mass is 296 g/mol. The molecule has 0 saturated carbocycles. The zero-order valence-corrected chi connectivity index (χ0v) is 12.8.